The minimum atomic E-state index is 0.900. The van der Waals surface area contributed by atoms with Crippen LogP contribution in [0.4, 0.5) is 0 Å². The van der Waals surface area contributed by atoms with E-state index in [1.54, 1.807) is 43.4 Å². The van der Waals surface area contributed by atoms with Crippen molar-refractivity contribution >= 4 is 0 Å². The van der Waals surface area contributed by atoms with E-state index in [9.17, 15) is 0 Å². The Labute approximate surface area is 780 Å². The summed E-state index contributed by atoms with van der Waals surface area (Å²) in [6.07, 6.45) is 25.5. The Morgan fingerprint density at radius 1 is 0.120 bits per heavy atom. The van der Waals surface area contributed by atoms with Crippen LogP contribution in [0.2, 0.25) is 0 Å². The SMILES string of the molecule is Cc1ccc(-c2cc(-c3ccccn3)ccn2)cc1.Cc1ccc(-c2cc(-c3cccnc3)ccn2)cc1.Cc1ccc(-c2cccc(-c3ccccn3)n2)cc1.Cc1ccc(-c2cccc(-c3cccnc3)c2)cc1.Cc1ccc(-c2cccc(-c3cccnc3)n2)cc1.Cc1ccc(-c2cccc(-c3ccncc3)c2)cc1.Cc1ccc(-c2cccc(-c3ccncc3)n2)cc1. The second kappa shape index (κ2) is 46.5. The molecule has 0 aliphatic heterocycles. The molecular weight excluding hydrogens is 1620 g/mol. The van der Waals surface area contributed by atoms with Crippen LogP contribution in [-0.4, -0.2) is 59.8 Å². The average molecular weight is 1720 g/mol. The number of hydrogen-bond acceptors (Lipinski definition) is 12. The van der Waals surface area contributed by atoms with Gasteiger partial charge < -0.3 is 0 Å². The number of rotatable bonds is 14. The van der Waals surface area contributed by atoms with Crippen LogP contribution in [0.15, 0.2) is 481 Å². The van der Waals surface area contributed by atoms with Crippen molar-refractivity contribution in [3.05, 3.63) is 520 Å². The fourth-order valence-electron chi connectivity index (χ4n) is 14.3. The van der Waals surface area contributed by atoms with Crippen LogP contribution >= 0.6 is 0 Å². The van der Waals surface area contributed by atoms with Gasteiger partial charge in [-0.3, -0.25) is 44.9 Å². The molecule has 21 rings (SSSR count). The Balaban J connectivity index is 0.000000118. The highest BCUT2D eigenvalue weighted by molar-refractivity contribution is 5.77. The first-order valence-electron chi connectivity index (χ1n) is 44.2. The lowest BCUT2D eigenvalue weighted by atomic mass is 9.99. The number of pyridine rings is 12. The van der Waals surface area contributed by atoms with E-state index in [1.165, 1.54) is 77.9 Å². The van der Waals surface area contributed by atoms with Crippen LogP contribution < -0.4 is 0 Å². The number of nitrogens with zero attached hydrogens (tertiary/aromatic N) is 12. The van der Waals surface area contributed by atoms with Crippen molar-refractivity contribution in [3.63, 3.8) is 0 Å². The Hall–Kier alpha value is -17.2. The van der Waals surface area contributed by atoms with Gasteiger partial charge in [-0.15, -0.1) is 0 Å². The first kappa shape index (κ1) is 90.6. The van der Waals surface area contributed by atoms with Gasteiger partial charge in [0.25, 0.3) is 0 Å². The third-order valence-electron chi connectivity index (χ3n) is 21.8. The van der Waals surface area contributed by atoms with Gasteiger partial charge in [0.2, 0.25) is 0 Å². The summed E-state index contributed by atoms with van der Waals surface area (Å²) in [7, 11) is 0. The zero-order valence-electron chi connectivity index (χ0n) is 75.5. The van der Waals surface area contributed by atoms with E-state index in [-0.39, 0.29) is 0 Å². The van der Waals surface area contributed by atoms with E-state index in [4.69, 9.17) is 9.97 Å². The smallest absolute Gasteiger partial charge is 0.0893 e. The average Bonchev–Trinajstić information content (AvgIpc) is 0.861. The van der Waals surface area contributed by atoms with Gasteiger partial charge in [0.05, 0.1) is 56.9 Å². The quantitative estimate of drug-likeness (QED) is 0.102. The first-order valence-corrected chi connectivity index (χ1v) is 44.2. The molecule has 133 heavy (non-hydrogen) atoms. The highest BCUT2D eigenvalue weighted by Crippen LogP contribution is 2.33. The summed E-state index contributed by atoms with van der Waals surface area (Å²) in [5, 5.41) is 0. The molecule has 0 aliphatic rings. The molecule has 0 aliphatic carbocycles. The van der Waals surface area contributed by atoms with Crippen molar-refractivity contribution in [1.29, 1.82) is 0 Å². The standard InChI is InChI=1S/2C18H15N.5C17H14N2/c1-14-7-9-15(10-8-14)16-4-2-5-17(12-16)18-6-3-11-19-13-18;1-14-5-7-15(8-6-14)17-3-2-4-18(13-17)16-9-11-19-12-10-16;1-13-7-9-14(10-8-13)16-5-2-6-17(19-16)15-4-3-11-18-12-15;1-13-4-6-14(7-5-13)17-11-15(8-10-19-17)16-3-2-9-18-12-16;1-13-8-10-14(11-9-13)15-6-4-7-17(19-15)16-5-2-3-12-18-16;1-13-5-7-14(8-6-13)16-3-2-4-17(19-16)15-9-11-18-12-10-15;1-13-5-7-14(8-6-13)17-12-15(9-11-19-17)16-4-2-3-10-18-16/h2*2-13H,1H3;5*2-12H,1H3. The van der Waals surface area contributed by atoms with Crippen molar-refractivity contribution in [1.82, 2.24) is 59.8 Å². The summed E-state index contributed by atoms with van der Waals surface area (Å²) in [6, 6.07) is 135. The Morgan fingerprint density at radius 2 is 0.361 bits per heavy atom. The van der Waals surface area contributed by atoms with Gasteiger partial charge in [-0.1, -0.05) is 288 Å². The lowest BCUT2D eigenvalue weighted by Gasteiger charge is -2.06. The van der Waals surface area contributed by atoms with Crippen LogP contribution in [0.5, 0.6) is 0 Å². The summed E-state index contributed by atoms with van der Waals surface area (Å²) >= 11 is 0. The Bertz CT molecular complexity index is 5930. The molecule has 0 N–H and O–H groups in total. The molecule has 0 atom stereocenters. The van der Waals surface area contributed by atoms with Crippen LogP contribution in [0, 0.1) is 48.5 Å². The molecule has 21 aromatic rings. The third kappa shape index (κ3) is 26.5. The molecule has 12 aromatic heterocycles. The summed E-state index contributed by atoms with van der Waals surface area (Å²) in [5.41, 5.74) is 39.3. The third-order valence-corrected chi connectivity index (χ3v) is 21.8. The monoisotopic (exact) mass is 1720 g/mol. The molecule has 0 amide bonds. The van der Waals surface area contributed by atoms with Gasteiger partial charge in [-0.2, -0.15) is 0 Å². The predicted molar refractivity (Wildman–Crippen MR) is 548 cm³/mol. The molecule has 12 heteroatoms. The molecular formula is C121H100N12. The summed E-state index contributed by atoms with van der Waals surface area (Å²) in [4.78, 5) is 52.2. The maximum absolute atomic E-state index is 4.72. The van der Waals surface area contributed by atoms with Gasteiger partial charge in [0.1, 0.15) is 0 Å². The zero-order valence-corrected chi connectivity index (χ0v) is 75.5. The van der Waals surface area contributed by atoms with Gasteiger partial charge in [0, 0.05) is 142 Å². The molecule has 0 saturated carbocycles. The Morgan fingerprint density at radius 3 is 0.714 bits per heavy atom. The van der Waals surface area contributed by atoms with Gasteiger partial charge in [-0.25, -0.2) is 15.0 Å². The first-order chi connectivity index (χ1) is 65.3. The van der Waals surface area contributed by atoms with Crippen LogP contribution in [-0.2, 0) is 0 Å². The van der Waals surface area contributed by atoms with Crippen LogP contribution in [0.3, 0.4) is 0 Å². The molecule has 9 aromatic carbocycles. The predicted octanol–water partition coefficient (Wildman–Crippen LogP) is 30.0. The fraction of sp³-hybridized carbons (Fsp3) is 0.0579. The fourth-order valence-corrected chi connectivity index (χ4v) is 14.3. The maximum atomic E-state index is 4.72. The largest absolute Gasteiger partial charge is 0.265 e. The van der Waals surface area contributed by atoms with E-state index in [0.29, 0.717) is 0 Å². The van der Waals surface area contributed by atoms with Crippen molar-refractivity contribution < 1.29 is 0 Å². The minimum absolute atomic E-state index is 0.900. The molecule has 12 nitrogen and oxygen atoms in total. The highest BCUT2D eigenvalue weighted by Gasteiger charge is 2.12. The summed E-state index contributed by atoms with van der Waals surface area (Å²) in [5.74, 6) is 0. The maximum Gasteiger partial charge on any atom is 0.0893 e. The molecule has 644 valence electrons. The second-order valence-corrected chi connectivity index (χ2v) is 31.9. The number of aromatic nitrogens is 12. The minimum Gasteiger partial charge on any atom is -0.265 e. The van der Waals surface area contributed by atoms with Crippen molar-refractivity contribution in [3.8, 4) is 157 Å². The molecule has 0 radical (unpaired) electrons. The lowest BCUT2D eigenvalue weighted by Crippen LogP contribution is -1.89. The van der Waals surface area contributed by atoms with Gasteiger partial charge in [-0.05, 0) is 239 Å². The molecule has 0 fully saturated rings. The van der Waals surface area contributed by atoms with E-state index in [2.05, 4.69) is 341 Å². The second-order valence-electron chi connectivity index (χ2n) is 31.9. The van der Waals surface area contributed by atoms with Crippen LogP contribution in [0.1, 0.15) is 38.9 Å². The summed E-state index contributed by atoms with van der Waals surface area (Å²) < 4.78 is 0. The van der Waals surface area contributed by atoms with Crippen molar-refractivity contribution in [2.45, 2.75) is 48.5 Å². The van der Waals surface area contributed by atoms with Crippen molar-refractivity contribution in [2.24, 2.45) is 0 Å². The van der Waals surface area contributed by atoms with E-state index in [1.807, 2.05) is 195 Å². The zero-order chi connectivity index (χ0) is 91.6. The molecule has 0 spiro atoms. The van der Waals surface area contributed by atoms with Crippen molar-refractivity contribution in [2.75, 3.05) is 0 Å². The molecule has 0 bridgehead atoms. The number of benzene rings is 9. The highest BCUT2D eigenvalue weighted by atomic mass is 14.8. The van der Waals surface area contributed by atoms with E-state index in [0.717, 1.165) is 118 Å². The number of aryl methyl sites for hydroxylation is 7. The topological polar surface area (TPSA) is 155 Å². The lowest BCUT2D eigenvalue weighted by molar-refractivity contribution is 1.25. The van der Waals surface area contributed by atoms with Crippen LogP contribution in [0.25, 0.3) is 157 Å². The van der Waals surface area contributed by atoms with Gasteiger partial charge in [0.15, 0.2) is 0 Å². The number of hydrogen-bond donors (Lipinski definition) is 0. The molecule has 0 saturated heterocycles. The molecule has 0 unspecified atom stereocenters. The van der Waals surface area contributed by atoms with Gasteiger partial charge >= 0.3 is 0 Å². The normalized spacial score (nSPS) is 10.4. The Kier molecular flexibility index (Phi) is 31.7. The summed E-state index contributed by atoms with van der Waals surface area (Å²) in [6.45, 7) is 14.6. The van der Waals surface area contributed by atoms with E-state index < -0.39 is 0 Å². The molecule has 12 heterocycles. The van der Waals surface area contributed by atoms with E-state index >= 15 is 0 Å².